The van der Waals surface area contributed by atoms with Gasteiger partial charge in [-0.2, -0.15) is 0 Å². The van der Waals surface area contributed by atoms with Gasteiger partial charge in [0.15, 0.2) is 5.75 Å². The first-order valence-corrected chi connectivity index (χ1v) is 5.63. The van der Waals surface area contributed by atoms with Crippen LogP contribution in [0.4, 0.5) is 0 Å². The smallest absolute Gasteiger partial charge is 0.342 e. The van der Waals surface area contributed by atoms with Crippen molar-refractivity contribution in [2.75, 3.05) is 7.11 Å². The second-order valence-corrected chi connectivity index (χ2v) is 4.49. The third-order valence-electron chi connectivity index (χ3n) is 2.51. The fourth-order valence-corrected chi connectivity index (χ4v) is 2.32. The van der Waals surface area contributed by atoms with Crippen LogP contribution in [0, 0.1) is 0 Å². The molecule has 4 nitrogen and oxygen atoms in total. The van der Waals surface area contributed by atoms with Crippen molar-refractivity contribution in [3.05, 3.63) is 21.7 Å². The highest BCUT2D eigenvalue weighted by Crippen LogP contribution is 2.41. The Morgan fingerprint density at radius 2 is 2.31 bits per heavy atom. The molecule has 1 aliphatic rings. The van der Waals surface area contributed by atoms with Gasteiger partial charge in [0.2, 0.25) is 0 Å². The Morgan fingerprint density at radius 3 is 2.94 bits per heavy atom. The molecule has 1 atom stereocenters. The van der Waals surface area contributed by atoms with Gasteiger partial charge in [-0.3, -0.25) is 0 Å². The highest BCUT2D eigenvalue weighted by atomic mass is 79.9. The quantitative estimate of drug-likeness (QED) is 0.805. The normalized spacial score (nSPS) is 18.9. The second-order valence-electron chi connectivity index (χ2n) is 3.70. The van der Waals surface area contributed by atoms with E-state index in [0.29, 0.717) is 22.2 Å². The molecule has 2 rings (SSSR count). The standard InChI is InChI=1S/C11H11BrO4/c1-5-3-6-4-7(13)9(12)10(15-2)8(6)11(14)16-5/h4-5,13H,3H2,1-2H3/t5-/m1/s1. The molecule has 0 unspecified atom stereocenters. The van der Waals surface area contributed by atoms with Crippen molar-refractivity contribution in [1.82, 2.24) is 0 Å². The van der Waals surface area contributed by atoms with Crippen LogP contribution >= 0.6 is 15.9 Å². The Balaban J connectivity index is 2.67. The zero-order chi connectivity index (χ0) is 11.9. The number of hydrogen-bond donors (Lipinski definition) is 1. The summed E-state index contributed by atoms with van der Waals surface area (Å²) in [5.74, 6) is -0.0179. The van der Waals surface area contributed by atoms with Crippen LogP contribution in [0.1, 0.15) is 22.8 Å². The number of carbonyl (C=O) groups excluding carboxylic acids is 1. The monoisotopic (exact) mass is 286 g/mol. The molecule has 86 valence electrons. The number of rotatable bonds is 1. The summed E-state index contributed by atoms with van der Waals surface area (Å²) < 4.78 is 10.6. The molecule has 1 aromatic carbocycles. The van der Waals surface area contributed by atoms with E-state index in [9.17, 15) is 9.90 Å². The van der Waals surface area contributed by atoms with E-state index in [1.165, 1.54) is 7.11 Å². The maximum Gasteiger partial charge on any atom is 0.342 e. The zero-order valence-electron chi connectivity index (χ0n) is 8.91. The lowest BCUT2D eigenvalue weighted by Gasteiger charge is -2.24. The molecule has 0 amide bonds. The van der Waals surface area contributed by atoms with Gasteiger partial charge in [-0.05, 0) is 34.5 Å². The van der Waals surface area contributed by atoms with Crippen LogP contribution < -0.4 is 4.74 Å². The van der Waals surface area contributed by atoms with Crippen molar-refractivity contribution in [2.45, 2.75) is 19.4 Å². The summed E-state index contributed by atoms with van der Waals surface area (Å²) in [6.45, 7) is 1.81. The Morgan fingerprint density at radius 1 is 1.62 bits per heavy atom. The van der Waals surface area contributed by atoms with Crippen molar-refractivity contribution < 1.29 is 19.4 Å². The maximum atomic E-state index is 11.7. The largest absolute Gasteiger partial charge is 0.507 e. The number of fused-ring (bicyclic) bond motifs is 1. The van der Waals surface area contributed by atoms with Crippen LogP contribution in [-0.4, -0.2) is 24.3 Å². The fraction of sp³-hybridized carbons (Fsp3) is 0.364. The molecule has 0 bridgehead atoms. The number of esters is 1. The third-order valence-corrected chi connectivity index (χ3v) is 3.27. The fourth-order valence-electron chi connectivity index (χ4n) is 1.84. The number of carbonyl (C=O) groups is 1. The second kappa shape index (κ2) is 3.97. The van der Waals surface area contributed by atoms with Gasteiger partial charge in [-0.15, -0.1) is 0 Å². The first-order valence-electron chi connectivity index (χ1n) is 4.84. The van der Waals surface area contributed by atoms with E-state index < -0.39 is 5.97 Å². The van der Waals surface area contributed by atoms with E-state index in [2.05, 4.69) is 15.9 Å². The van der Waals surface area contributed by atoms with Gasteiger partial charge < -0.3 is 14.6 Å². The first-order chi connectivity index (χ1) is 7.54. The summed E-state index contributed by atoms with van der Waals surface area (Å²) >= 11 is 3.18. The zero-order valence-corrected chi connectivity index (χ0v) is 10.5. The average Bonchev–Trinajstić information content (AvgIpc) is 2.20. The van der Waals surface area contributed by atoms with E-state index >= 15 is 0 Å². The van der Waals surface area contributed by atoms with Gasteiger partial charge >= 0.3 is 5.97 Å². The minimum atomic E-state index is -0.411. The van der Waals surface area contributed by atoms with Crippen LogP contribution in [0.5, 0.6) is 11.5 Å². The number of phenols is 1. The first kappa shape index (κ1) is 11.3. The van der Waals surface area contributed by atoms with Crippen LogP contribution in [0.2, 0.25) is 0 Å². The van der Waals surface area contributed by atoms with Crippen molar-refractivity contribution in [3.63, 3.8) is 0 Å². The highest BCUT2D eigenvalue weighted by Gasteiger charge is 2.30. The van der Waals surface area contributed by atoms with Crippen LogP contribution in [0.15, 0.2) is 10.5 Å². The molecule has 1 aliphatic heterocycles. The van der Waals surface area contributed by atoms with Gasteiger partial charge in [0.25, 0.3) is 0 Å². The summed E-state index contributed by atoms with van der Waals surface area (Å²) in [4.78, 5) is 11.7. The molecular formula is C11H11BrO4. The molecule has 0 fully saturated rings. The number of ether oxygens (including phenoxy) is 2. The molecule has 0 spiro atoms. The van der Waals surface area contributed by atoms with Gasteiger partial charge in [0.1, 0.15) is 21.9 Å². The Hall–Kier alpha value is -1.23. The molecule has 0 aromatic heterocycles. The van der Waals surface area contributed by atoms with E-state index in [-0.39, 0.29) is 11.9 Å². The Kier molecular flexibility index (Phi) is 2.80. The summed E-state index contributed by atoms with van der Waals surface area (Å²) in [6.07, 6.45) is 0.406. The van der Waals surface area contributed by atoms with Crippen molar-refractivity contribution in [1.29, 1.82) is 0 Å². The molecule has 0 saturated carbocycles. The van der Waals surface area contributed by atoms with Crippen LogP contribution in [-0.2, 0) is 11.2 Å². The van der Waals surface area contributed by atoms with E-state index in [0.717, 1.165) is 5.56 Å². The molecule has 16 heavy (non-hydrogen) atoms. The number of aromatic hydroxyl groups is 1. The van der Waals surface area contributed by atoms with Gasteiger partial charge in [0.05, 0.1) is 7.11 Å². The van der Waals surface area contributed by atoms with Crippen molar-refractivity contribution in [2.24, 2.45) is 0 Å². The average molecular weight is 287 g/mol. The SMILES string of the molecule is COc1c(Br)c(O)cc2c1C(=O)O[C@H](C)C2. The van der Waals surface area contributed by atoms with Gasteiger partial charge in [0, 0.05) is 6.42 Å². The lowest BCUT2D eigenvalue weighted by Crippen LogP contribution is -2.25. The molecular weight excluding hydrogens is 276 g/mol. The summed E-state index contributed by atoms with van der Waals surface area (Å²) in [7, 11) is 1.45. The minimum absolute atomic E-state index is 0.0671. The van der Waals surface area contributed by atoms with Crippen molar-refractivity contribution in [3.8, 4) is 11.5 Å². The molecule has 5 heteroatoms. The third kappa shape index (κ3) is 1.65. The molecule has 1 aromatic rings. The number of methoxy groups -OCH3 is 1. The molecule has 1 N–H and O–H groups in total. The number of phenolic OH excluding ortho intramolecular Hbond substituents is 1. The van der Waals surface area contributed by atoms with Crippen molar-refractivity contribution >= 4 is 21.9 Å². The molecule has 0 aliphatic carbocycles. The lowest BCUT2D eigenvalue weighted by molar-refractivity contribution is 0.0296. The summed E-state index contributed by atoms with van der Waals surface area (Å²) in [5, 5.41) is 9.68. The van der Waals surface area contributed by atoms with Crippen LogP contribution in [0.3, 0.4) is 0 Å². The number of hydrogen-bond acceptors (Lipinski definition) is 4. The Bertz CT molecular complexity index is 456. The van der Waals surface area contributed by atoms with E-state index in [4.69, 9.17) is 9.47 Å². The summed E-state index contributed by atoms with van der Waals surface area (Å²) in [6, 6.07) is 1.57. The van der Waals surface area contributed by atoms with Crippen LogP contribution in [0.25, 0.3) is 0 Å². The van der Waals surface area contributed by atoms with Gasteiger partial charge in [-0.25, -0.2) is 4.79 Å². The predicted molar refractivity (Wildman–Crippen MR) is 60.9 cm³/mol. The molecule has 0 saturated heterocycles. The Labute approximate surface area is 101 Å². The maximum absolute atomic E-state index is 11.7. The minimum Gasteiger partial charge on any atom is -0.507 e. The molecule has 0 radical (unpaired) electrons. The number of cyclic esters (lactones) is 1. The molecule has 1 heterocycles. The van der Waals surface area contributed by atoms with E-state index in [1.807, 2.05) is 6.92 Å². The highest BCUT2D eigenvalue weighted by molar-refractivity contribution is 9.10. The lowest BCUT2D eigenvalue weighted by atomic mass is 9.98. The van der Waals surface area contributed by atoms with Gasteiger partial charge in [-0.1, -0.05) is 0 Å². The van der Waals surface area contributed by atoms with E-state index in [1.54, 1.807) is 6.07 Å². The number of benzene rings is 1. The topological polar surface area (TPSA) is 55.8 Å². The predicted octanol–water partition coefficient (Wildman–Crippen LogP) is 2.26. The summed E-state index contributed by atoms with van der Waals surface area (Å²) in [5.41, 5.74) is 1.14. The number of halogens is 1.